The summed E-state index contributed by atoms with van der Waals surface area (Å²) in [5.74, 6) is 0.762. The third kappa shape index (κ3) is 4.61. The molecule has 2 atom stereocenters. The van der Waals surface area contributed by atoms with Gasteiger partial charge in [0.1, 0.15) is 19.1 Å². The molecule has 1 saturated carbocycles. The summed E-state index contributed by atoms with van der Waals surface area (Å²) in [5, 5.41) is 3.07. The van der Waals surface area contributed by atoms with Crippen molar-refractivity contribution < 1.29 is 19.1 Å². The van der Waals surface area contributed by atoms with Crippen molar-refractivity contribution in [2.75, 3.05) is 31.2 Å². The van der Waals surface area contributed by atoms with Gasteiger partial charge in [-0.3, -0.25) is 9.59 Å². The lowest BCUT2D eigenvalue weighted by molar-refractivity contribution is -0.132. The van der Waals surface area contributed by atoms with Crippen molar-refractivity contribution in [1.82, 2.24) is 5.32 Å². The number of nitrogens with two attached hydrogens (primary N) is 1. The van der Waals surface area contributed by atoms with Crippen LogP contribution in [0.15, 0.2) is 18.2 Å². The molecular weight excluding hydrogens is 394 g/mol. The van der Waals surface area contributed by atoms with Crippen LogP contribution in [0.5, 0.6) is 11.5 Å². The number of anilines is 1. The van der Waals surface area contributed by atoms with Gasteiger partial charge in [0, 0.05) is 30.9 Å². The van der Waals surface area contributed by atoms with Gasteiger partial charge in [-0.2, -0.15) is 0 Å². The molecule has 0 bridgehead atoms. The molecule has 8 heteroatoms. The highest BCUT2D eigenvalue weighted by molar-refractivity contribution is 6.09. The lowest BCUT2D eigenvalue weighted by Gasteiger charge is -2.30. The number of carbonyl (C=O) groups is 2. The first kappa shape index (κ1) is 21.7. The second-order valence-electron chi connectivity index (χ2n) is 7.91. The molecule has 0 radical (unpaired) electrons. The zero-order valence-corrected chi connectivity index (χ0v) is 17.4. The van der Waals surface area contributed by atoms with Crippen molar-refractivity contribution in [3.05, 3.63) is 18.2 Å². The van der Waals surface area contributed by atoms with Crippen LogP contribution in [0, 0.1) is 11.8 Å². The predicted molar refractivity (Wildman–Crippen MR) is 113 cm³/mol. The van der Waals surface area contributed by atoms with Crippen LogP contribution in [-0.2, 0) is 9.59 Å². The molecule has 2 unspecified atom stereocenters. The number of ether oxygens (including phenoxy) is 2. The van der Waals surface area contributed by atoms with E-state index in [1.807, 2.05) is 18.2 Å². The zero-order chi connectivity index (χ0) is 19.5. The first-order valence-electron chi connectivity index (χ1n) is 10.4. The van der Waals surface area contributed by atoms with Gasteiger partial charge in [0.2, 0.25) is 11.8 Å². The smallest absolute Gasteiger partial charge is 0.239 e. The van der Waals surface area contributed by atoms with E-state index in [2.05, 4.69) is 5.32 Å². The summed E-state index contributed by atoms with van der Waals surface area (Å²) in [7, 11) is 0. The molecule has 2 fully saturated rings. The topological polar surface area (TPSA) is 93.9 Å². The normalized spacial score (nSPS) is 22.7. The highest BCUT2D eigenvalue weighted by Crippen LogP contribution is 2.36. The minimum absolute atomic E-state index is 0. The Morgan fingerprint density at radius 3 is 2.59 bits per heavy atom. The van der Waals surface area contributed by atoms with Gasteiger partial charge in [-0.05, 0) is 37.3 Å². The van der Waals surface area contributed by atoms with Crippen LogP contribution in [0.25, 0.3) is 0 Å². The molecule has 160 valence electrons. The molecule has 4 rings (SSSR count). The van der Waals surface area contributed by atoms with Crippen LogP contribution in [0.2, 0.25) is 0 Å². The number of carbonyl (C=O) groups excluding carboxylic acids is 2. The number of hydrogen-bond donors (Lipinski definition) is 2. The van der Waals surface area contributed by atoms with Gasteiger partial charge in [-0.25, -0.2) is 0 Å². The van der Waals surface area contributed by atoms with Crippen LogP contribution in [0.3, 0.4) is 0 Å². The molecule has 1 saturated heterocycles. The number of halogens is 1. The third-order valence-corrected chi connectivity index (χ3v) is 6.16. The van der Waals surface area contributed by atoms with Crippen molar-refractivity contribution in [3.63, 3.8) is 0 Å². The summed E-state index contributed by atoms with van der Waals surface area (Å²) in [6.45, 7) is 1.97. The van der Waals surface area contributed by atoms with Crippen LogP contribution < -0.4 is 25.4 Å². The highest BCUT2D eigenvalue weighted by Gasteiger charge is 2.39. The van der Waals surface area contributed by atoms with Crippen molar-refractivity contribution >= 4 is 29.9 Å². The van der Waals surface area contributed by atoms with E-state index in [1.54, 1.807) is 4.90 Å². The molecule has 2 amide bonds. The second kappa shape index (κ2) is 9.67. The molecular formula is C21H30ClN3O4. The molecule has 3 N–H and O–H groups in total. The summed E-state index contributed by atoms with van der Waals surface area (Å²) in [5.41, 5.74) is 6.68. The lowest BCUT2D eigenvalue weighted by atomic mass is 9.83. The highest BCUT2D eigenvalue weighted by atomic mass is 35.5. The minimum Gasteiger partial charge on any atom is -0.486 e. The number of nitrogens with zero attached hydrogens (tertiary/aromatic N) is 1. The van der Waals surface area contributed by atoms with Gasteiger partial charge < -0.3 is 25.4 Å². The van der Waals surface area contributed by atoms with E-state index in [9.17, 15) is 9.59 Å². The summed E-state index contributed by atoms with van der Waals surface area (Å²) in [6, 6.07) is 5.44. The van der Waals surface area contributed by atoms with E-state index in [4.69, 9.17) is 15.2 Å². The fourth-order valence-electron chi connectivity index (χ4n) is 4.57. The molecule has 3 aliphatic rings. The number of nitrogens with one attached hydrogen (secondary N) is 1. The van der Waals surface area contributed by atoms with Crippen LogP contribution >= 0.6 is 12.4 Å². The van der Waals surface area contributed by atoms with Gasteiger partial charge in [-0.15, -0.1) is 12.4 Å². The van der Waals surface area contributed by atoms with Crippen molar-refractivity contribution in [1.29, 1.82) is 0 Å². The molecule has 2 aliphatic heterocycles. The number of rotatable bonds is 5. The molecule has 7 nitrogen and oxygen atoms in total. The average Bonchev–Trinajstić information content (AvgIpc) is 3.13. The summed E-state index contributed by atoms with van der Waals surface area (Å²) < 4.78 is 11.1. The Hall–Kier alpha value is -1.99. The third-order valence-electron chi connectivity index (χ3n) is 6.16. The van der Waals surface area contributed by atoms with Gasteiger partial charge >= 0.3 is 0 Å². The van der Waals surface area contributed by atoms with E-state index in [-0.39, 0.29) is 30.3 Å². The number of benzene rings is 1. The van der Waals surface area contributed by atoms with E-state index >= 15 is 0 Å². The number of fused-ring (bicyclic) bond motifs is 1. The first-order chi connectivity index (χ1) is 13.7. The Morgan fingerprint density at radius 2 is 1.86 bits per heavy atom. The molecule has 2 heterocycles. The predicted octanol–water partition coefficient (Wildman–Crippen LogP) is 2.26. The Labute approximate surface area is 177 Å². The fraction of sp³-hybridized carbons (Fsp3) is 0.619. The largest absolute Gasteiger partial charge is 0.486 e. The molecule has 0 aromatic heterocycles. The Balaban J connectivity index is 0.00000240. The monoisotopic (exact) mass is 423 g/mol. The molecule has 1 aromatic carbocycles. The maximum absolute atomic E-state index is 12.9. The Morgan fingerprint density at radius 1 is 1.14 bits per heavy atom. The first-order valence-corrected chi connectivity index (χ1v) is 10.4. The van der Waals surface area contributed by atoms with Crippen LogP contribution in [-0.4, -0.2) is 44.2 Å². The van der Waals surface area contributed by atoms with Crippen molar-refractivity contribution in [3.8, 4) is 11.5 Å². The summed E-state index contributed by atoms with van der Waals surface area (Å²) in [4.78, 5) is 27.4. The SMILES string of the molecule is Cl.NCC(NC(=O)C1CCN(c2ccc3c(c2)OCCO3)C1=O)C1CCCCC1. The van der Waals surface area contributed by atoms with Gasteiger partial charge in [-0.1, -0.05) is 19.3 Å². The van der Waals surface area contributed by atoms with Crippen LogP contribution in [0.4, 0.5) is 5.69 Å². The second-order valence-corrected chi connectivity index (χ2v) is 7.91. The number of hydrogen-bond acceptors (Lipinski definition) is 5. The Kier molecular flexibility index (Phi) is 7.24. The quantitative estimate of drug-likeness (QED) is 0.708. The van der Waals surface area contributed by atoms with Crippen molar-refractivity contribution in [2.45, 2.75) is 44.6 Å². The van der Waals surface area contributed by atoms with E-state index in [0.717, 1.165) is 18.5 Å². The average molecular weight is 424 g/mol. The minimum atomic E-state index is -0.647. The lowest BCUT2D eigenvalue weighted by Crippen LogP contribution is -2.49. The Bertz CT molecular complexity index is 739. The van der Waals surface area contributed by atoms with Gasteiger partial charge in [0.25, 0.3) is 0 Å². The van der Waals surface area contributed by atoms with Crippen molar-refractivity contribution in [2.24, 2.45) is 17.6 Å². The molecule has 1 aliphatic carbocycles. The summed E-state index contributed by atoms with van der Waals surface area (Å²) in [6.07, 6.45) is 6.36. The fourth-order valence-corrected chi connectivity index (χ4v) is 4.57. The van der Waals surface area contributed by atoms with Crippen LogP contribution in [0.1, 0.15) is 38.5 Å². The molecule has 0 spiro atoms. The maximum atomic E-state index is 12.9. The maximum Gasteiger partial charge on any atom is 0.239 e. The van der Waals surface area contributed by atoms with E-state index in [0.29, 0.717) is 50.1 Å². The van der Waals surface area contributed by atoms with Gasteiger partial charge in [0.15, 0.2) is 11.5 Å². The van der Waals surface area contributed by atoms with Gasteiger partial charge in [0.05, 0.1) is 0 Å². The van der Waals surface area contributed by atoms with E-state index in [1.165, 1.54) is 19.3 Å². The van der Waals surface area contributed by atoms with E-state index < -0.39 is 5.92 Å². The summed E-state index contributed by atoms with van der Waals surface area (Å²) >= 11 is 0. The zero-order valence-electron chi connectivity index (χ0n) is 16.6. The standard InChI is InChI=1S/C21H29N3O4.ClH/c22-13-17(14-4-2-1-3-5-14)23-20(25)16-8-9-24(21(16)26)15-6-7-18-19(12-15)28-11-10-27-18;/h6-7,12,14,16-17H,1-5,8-11,13,22H2,(H,23,25);1H. The number of amides is 2. The molecule has 1 aromatic rings. The molecule has 29 heavy (non-hydrogen) atoms.